The highest BCUT2D eigenvalue weighted by Gasteiger charge is 2.10. The van der Waals surface area contributed by atoms with E-state index >= 15 is 0 Å². The SMILES string of the molecule is CCOc1cc(C=NN=C(N)SCc2ccccc2)c(Br)cc1OCCO. The van der Waals surface area contributed by atoms with E-state index in [-0.39, 0.29) is 13.2 Å². The molecule has 0 aliphatic heterocycles. The molecule has 2 aromatic rings. The van der Waals surface area contributed by atoms with Crippen LogP contribution in [0.15, 0.2) is 57.1 Å². The maximum absolute atomic E-state index is 8.93. The van der Waals surface area contributed by atoms with Gasteiger partial charge in [0.05, 0.1) is 19.4 Å². The predicted octanol–water partition coefficient (Wildman–Crippen LogP) is 3.80. The lowest BCUT2D eigenvalue weighted by Crippen LogP contribution is -2.06. The first kappa shape index (κ1) is 21.3. The molecule has 0 spiro atoms. The Balaban J connectivity index is 2.04. The molecule has 0 saturated heterocycles. The Morgan fingerprint density at radius 3 is 2.67 bits per heavy atom. The molecule has 0 aliphatic carbocycles. The fourth-order valence-corrected chi connectivity index (χ4v) is 3.13. The van der Waals surface area contributed by atoms with Gasteiger partial charge in [0.15, 0.2) is 16.7 Å². The Morgan fingerprint density at radius 2 is 1.96 bits per heavy atom. The number of thioether (sulfide) groups is 1. The number of hydrogen-bond donors (Lipinski definition) is 2. The van der Waals surface area contributed by atoms with Crippen molar-refractivity contribution in [1.82, 2.24) is 0 Å². The molecule has 0 bridgehead atoms. The molecular formula is C19H22BrN3O3S. The summed E-state index contributed by atoms with van der Waals surface area (Å²) in [6, 6.07) is 13.6. The maximum atomic E-state index is 8.93. The van der Waals surface area contributed by atoms with Gasteiger partial charge in [-0.15, -0.1) is 5.10 Å². The van der Waals surface area contributed by atoms with Crippen molar-refractivity contribution >= 4 is 39.1 Å². The second kappa shape index (κ2) is 11.6. The minimum Gasteiger partial charge on any atom is -0.490 e. The van der Waals surface area contributed by atoms with E-state index < -0.39 is 0 Å². The number of nitrogens with zero attached hydrogens (tertiary/aromatic N) is 2. The number of aliphatic hydroxyl groups excluding tert-OH is 1. The van der Waals surface area contributed by atoms with Crippen molar-refractivity contribution in [3.63, 3.8) is 0 Å². The first-order valence-corrected chi connectivity index (χ1v) is 10.1. The number of ether oxygens (including phenoxy) is 2. The first-order valence-electron chi connectivity index (χ1n) is 8.37. The van der Waals surface area contributed by atoms with Gasteiger partial charge in [0, 0.05) is 15.8 Å². The van der Waals surface area contributed by atoms with Gasteiger partial charge in [-0.25, -0.2) is 0 Å². The van der Waals surface area contributed by atoms with Crippen molar-refractivity contribution in [3.05, 3.63) is 58.1 Å². The maximum Gasteiger partial charge on any atom is 0.180 e. The normalized spacial score (nSPS) is 11.7. The number of aliphatic hydroxyl groups is 1. The third kappa shape index (κ3) is 7.24. The average Bonchev–Trinajstić information content (AvgIpc) is 2.68. The molecule has 3 N–H and O–H groups in total. The standard InChI is InChI=1S/C19H22BrN3O3S/c1-2-25-17-10-15(16(20)11-18(17)26-9-8-24)12-22-23-19(21)27-13-14-6-4-3-5-7-14/h3-7,10-12,24H,2,8-9,13H2,1H3,(H2,21,23). The van der Waals surface area contributed by atoms with E-state index in [1.807, 2.05) is 37.3 Å². The van der Waals surface area contributed by atoms with Crippen LogP contribution >= 0.6 is 27.7 Å². The summed E-state index contributed by atoms with van der Waals surface area (Å²) >= 11 is 4.90. The van der Waals surface area contributed by atoms with Crippen LogP contribution in [-0.2, 0) is 5.75 Å². The molecule has 0 atom stereocenters. The Kier molecular flexibility index (Phi) is 9.17. The third-order valence-corrected chi connectivity index (χ3v) is 4.84. The minimum absolute atomic E-state index is 0.0684. The van der Waals surface area contributed by atoms with Gasteiger partial charge in [0.25, 0.3) is 0 Å². The molecule has 0 radical (unpaired) electrons. The lowest BCUT2D eigenvalue weighted by Gasteiger charge is -2.13. The van der Waals surface area contributed by atoms with Crippen molar-refractivity contribution in [2.24, 2.45) is 15.9 Å². The van der Waals surface area contributed by atoms with Gasteiger partial charge in [-0.3, -0.25) is 0 Å². The van der Waals surface area contributed by atoms with Crippen molar-refractivity contribution in [3.8, 4) is 11.5 Å². The predicted molar refractivity (Wildman–Crippen MR) is 115 cm³/mol. The van der Waals surface area contributed by atoms with Crippen molar-refractivity contribution < 1.29 is 14.6 Å². The second-order valence-corrected chi connectivity index (χ2v) is 7.13. The van der Waals surface area contributed by atoms with Crippen LogP contribution in [0.25, 0.3) is 0 Å². The van der Waals surface area contributed by atoms with Crippen LogP contribution in [0.4, 0.5) is 0 Å². The molecule has 2 rings (SSSR count). The Hall–Kier alpha value is -2.03. The van der Waals surface area contributed by atoms with Crippen molar-refractivity contribution in [2.45, 2.75) is 12.7 Å². The van der Waals surface area contributed by atoms with Gasteiger partial charge < -0.3 is 20.3 Å². The summed E-state index contributed by atoms with van der Waals surface area (Å²) in [7, 11) is 0. The van der Waals surface area contributed by atoms with Crippen LogP contribution in [0.3, 0.4) is 0 Å². The van der Waals surface area contributed by atoms with Gasteiger partial charge in [-0.2, -0.15) is 5.10 Å². The minimum atomic E-state index is -0.0684. The highest BCUT2D eigenvalue weighted by Crippen LogP contribution is 2.33. The summed E-state index contributed by atoms with van der Waals surface area (Å²) < 4.78 is 11.9. The molecular weight excluding hydrogens is 430 g/mol. The zero-order chi connectivity index (χ0) is 19.5. The summed E-state index contributed by atoms with van der Waals surface area (Å²) in [5, 5.41) is 17.4. The monoisotopic (exact) mass is 451 g/mol. The number of rotatable bonds is 9. The molecule has 0 saturated carbocycles. The Labute approximate surface area is 171 Å². The third-order valence-electron chi connectivity index (χ3n) is 3.29. The summed E-state index contributed by atoms with van der Waals surface area (Å²) in [5.41, 5.74) is 7.85. The zero-order valence-electron chi connectivity index (χ0n) is 15.0. The number of hydrogen-bond acceptors (Lipinski definition) is 6. The molecule has 0 fully saturated rings. The highest BCUT2D eigenvalue weighted by molar-refractivity contribution is 9.10. The smallest absolute Gasteiger partial charge is 0.180 e. The van der Waals surface area contributed by atoms with E-state index in [9.17, 15) is 0 Å². The molecule has 6 nitrogen and oxygen atoms in total. The number of amidine groups is 1. The quantitative estimate of drug-likeness (QED) is 0.343. The second-order valence-electron chi connectivity index (χ2n) is 5.28. The van der Waals surface area contributed by atoms with Crippen LogP contribution in [0, 0.1) is 0 Å². The Bertz CT molecular complexity index is 785. The van der Waals surface area contributed by atoms with Crippen LogP contribution in [0.2, 0.25) is 0 Å². The molecule has 0 amide bonds. The zero-order valence-corrected chi connectivity index (χ0v) is 17.4. The summed E-state index contributed by atoms with van der Waals surface area (Å²) in [4.78, 5) is 0. The van der Waals surface area contributed by atoms with E-state index in [0.717, 1.165) is 15.8 Å². The lowest BCUT2D eigenvalue weighted by molar-refractivity contribution is 0.194. The van der Waals surface area contributed by atoms with Gasteiger partial charge in [-0.05, 0) is 40.5 Å². The summed E-state index contributed by atoms with van der Waals surface area (Å²) in [6.45, 7) is 2.51. The van der Waals surface area contributed by atoms with Crippen LogP contribution in [0.1, 0.15) is 18.1 Å². The first-order chi connectivity index (χ1) is 13.1. The molecule has 0 aliphatic rings. The summed E-state index contributed by atoms with van der Waals surface area (Å²) in [5.74, 6) is 1.86. The topological polar surface area (TPSA) is 89.4 Å². The van der Waals surface area contributed by atoms with E-state index in [0.29, 0.717) is 23.3 Å². The fourth-order valence-electron chi connectivity index (χ4n) is 2.09. The molecule has 2 aromatic carbocycles. The van der Waals surface area contributed by atoms with E-state index in [1.54, 1.807) is 18.3 Å². The molecule has 0 heterocycles. The molecule has 0 aromatic heterocycles. The highest BCUT2D eigenvalue weighted by atomic mass is 79.9. The average molecular weight is 452 g/mol. The van der Waals surface area contributed by atoms with E-state index in [2.05, 4.69) is 26.1 Å². The number of benzene rings is 2. The number of nitrogens with two attached hydrogens (primary N) is 1. The molecule has 8 heteroatoms. The van der Waals surface area contributed by atoms with Crippen molar-refractivity contribution in [2.75, 3.05) is 19.8 Å². The van der Waals surface area contributed by atoms with Gasteiger partial charge in [0.1, 0.15) is 6.61 Å². The van der Waals surface area contributed by atoms with Crippen LogP contribution < -0.4 is 15.2 Å². The van der Waals surface area contributed by atoms with Gasteiger partial charge in [-0.1, -0.05) is 42.1 Å². The molecule has 144 valence electrons. The molecule has 0 unspecified atom stereocenters. The molecule has 27 heavy (non-hydrogen) atoms. The van der Waals surface area contributed by atoms with E-state index in [1.165, 1.54) is 17.3 Å². The van der Waals surface area contributed by atoms with Crippen molar-refractivity contribution in [1.29, 1.82) is 0 Å². The number of halogens is 1. The fraction of sp³-hybridized carbons (Fsp3) is 0.263. The largest absolute Gasteiger partial charge is 0.490 e. The summed E-state index contributed by atoms with van der Waals surface area (Å²) in [6.07, 6.45) is 1.60. The van der Waals surface area contributed by atoms with Crippen LogP contribution in [0.5, 0.6) is 11.5 Å². The van der Waals surface area contributed by atoms with Gasteiger partial charge in [0.2, 0.25) is 0 Å². The van der Waals surface area contributed by atoms with E-state index in [4.69, 9.17) is 20.3 Å². The van der Waals surface area contributed by atoms with Crippen LogP contribution in [-0.4, -0.2) is 36.3 Å². The van der Waals surface area contributed by atoms with Gasteiger partial charge >= 0.3 is 0 Å². The Morgan fingerprint density at radius 1 is 1.22 bits per heavy atom. The lowest BCUT2D eigenvalue weighted by atomic mass is 10.2.